The summed E-state index contributed by atoms with van der Waals surface area (Å²) in [6, 6.07) is 4.59. The fourth-order valence-corrected chi connectivity index (χ4v) is 1.71. The molecule has 0 amide bonds. The molecular weight excluding hydrogens is 186 g/mol. The Hall–Kier alpha value is -1.09. The second kappa shape index (κ2) is 6.40. The van der Waals surface area contributed by atoms with E-state index in [-0.39, 0.29) is 0 Å². The minimum Gasteiger partial charge on any atom is -0.383 e. The second-order valence-electron chi connectivity index (χ2n) is 3.90. The Bertz CT molecular complexity index is 286. The molecule has 0 radical (unpaired) electrons. The topological polar surface area (TPSA) is 50.9 Å². The zero-order chi connectivity index (χ0) is 11.1. The number of nitrogens with one attached hydrogen (secondary N) is 1. The lowest BCUT2D eigenvalue weighted by Gasteiger charge is -2.11. The molecular formula is C12H21N3. The van der Waals surface area contributed by atoms with E-state index >= 15 is 0 Å². The quantitative estimate of drug-likeness (QED) is 0.750. The molecule has 1 rings (SSSR count). The van der Waals surface area contributed by atoms with Crippen molar-refractivity contribution < 1.29 is 0 Å². The summed E-state index contributed by atoms with van der Waals surface area (Å²) in [6.45, 7) is 5.39. The van der Waals surface area contributed by atoms with Gasteiger partial charge in [0.1, 0.15) is 5.82 Å². The molecule has 0 aliphatic rings. The van der Waals surface area contributed by atoms with Gasteiger partial charge in [-0.15, -0.1) is 0 Å². The molecule has 3 heteroatoms. The van der Waals surface area contributed by atoms with E-state index in [4.69, 9.17) is 5.73 Å². The first-order chi connectivity index (χ1) is 7.24. The largest absolute Gasteiger partial charge is 0.383 e. The Morgan fingerprint density at radius 2 is 2.33 bits per heavy atom. The van der Waals surface area contributed by atoms with Crippen LogP contribution < -0.4 is 11.1 Å². The van der Waals surface area contributed by atoms with E-state index in [1.165, 1.54) is 12.0 Å². The molecule has 0 saturated carbocycles. The maximum Gasteiger partial charge on any atom is 0.126 e. The third kappa shape index (κ3) is 4.30. The lowest BCUT2D eigenvalue weighted by molar-refractivity contribution is 0.512. The number of hydrogen-bond acceptors (Lipinski definition) is 3. The number of anilines is 1. The van der Waals surface area contributed by atoms with Gasteiger partial charge >= 0.3 is 0 Å². The highest BCUT2D eigenvalue weighted by Gasteiger charge is 2.02. The normalized spacial score (nSPS) is 12.7. The Morgan fingerprint density at radius 3 is 3.00 bits per heavy atom. The highest BCUT2D eigenvalue weighted by atomic mass is 14.9. The molecule has 3 nitrogen and oxygen atoms in total. The average Bonchev–Trinajstić information content (AvgIpc) is 2.21. The van der Waals surface area contributed by atoms with Crippen LogP contribution >= 0.6 is 0 Å². The van der Waals surface area contributed by atoms with Gasteiger partial charge < -0.3 is 11.1 Å². The van der Waals surface area contributed by atoms with Gasteiger partial charge in [0.25, 0.3) is 0 Å². The lowest BCUT2D eigenvalue weighted by Crippen LogP contribution is -2.25. The molecule has 1 heterocycles. The van der Waals surface area contributed by atoms with Crippen molar-refractivity contribution in [3.8, 4) is 0 Å². The highest BCUT2D eigenvalue weighted by Crippen LogP contribution is 2.11. The van der Waals surface area contributed by atoms with Crippen LogP contribution in [-0.2, 0) is 6.42 Å². The van der Waals surface area contributed by atoms with Crippen LogP contribution in [0.15, 0.2) is 18.3 Å². The number of hydrogen-bond donors (Lipinski definition) is 2. The van der Waals surface area contributed by atoms with E-state index in [9.17, 15) is 0 Å². The van der Waals surface area contributed by atoms with E-state index in [2.05, 4.69) is 30.2 Å². The Labute approximate surface area is 92.1 Å². The summed E-state index contributed by atoms with van der Waals surface area (Å²) < 4.78 is 0. The van der Waals surface area contributed by atoms with Gasteiger partial charge in [-0.2, -0.15) is 0 Å². The monoisotopic (exact) mass is 207 g/mol. The van der Waals surface area contributed by atoms with Gasteiger partial charge in [0.05, 0.1) is 0 Å². The predicted molar refractivity (Wildman–Crippen MR) is 64.7 cm³/mol. The van der Waals surface area contributed by atoms with Gasteiger partial charge in [0, 0.05) is 12.2 Å². The van der Waals surface area contributed by atoms with Gasteiger partial charge in [0.15, 0.2) is 0 Å². The van der Waals surface area contributed by atoms with Crippen molar-refractivity contribution >= 4 is 5.82 Å². The fraction of sp³-hybridized carbons (Fsp3) is 0.583. The summed E-state index contributed by atoms with van der Waals surface area (Å²) in [5.74, 6) is 0.675. The molecule has 0 bridgehead atoms. The molecule has 0 aliphatic carbocycles. The minimum atomic E-state index is 0.591. The van der Waals surface area contributed by atoms with Gasteiger partial charge in [-0.1, -0.05) is 13.0 Å². The first-order valence-corrected chi connectivity index (χ1v) is 5.66. The summed E-state index contributed by atoms with van der Waals surface area (Å²) in [5.41, 5.74) is 6.94. The zero-order valence-electron chi connectivity index (χ0n) is 9.66. The SMILES string of the molecule is CCNC(C)CCCc1cccnc1N. The molecule has 15 heavy (non-hydrogen) atoms. The Morgan fingerprint density at radius 1 is 1.53 bits per heavy atom. The Balaban J connectivity index is 2.29. The number of pyridine rings is 1. The molecule has 0 aliphatic heterocycles. The van der Waals surface area contributed by atoms with Crippen molar-refractivity contribution in [3.63, 3.8) is 0 Å². The number of nitrogens with zero attached hydrogens (tertiary/aromatic N) is 1. The predicted octanol–water partition coefficient (Wildman–Crippen LogP) is 1.98. The van der Waals surface area contributed by atoms with Gasteiger partial charge in [0.2, 0.25) is 0 Å². The number of aryl methyl sites for hydroxylation is 1. The molecule has 1 atom stereocenters. The van der Waals surface area contributed by atoms with E-state index < -0.39 is 0 Å². The minimum absolute atomic E-state index is 0.591. The molecule has 0 aromatic carbocycles. The molecule has 1 aromatic heterocycles. The molecule has 0 fully saturated rings. The van der Waals surface area contributed by atoms with E-state index in [1.807, 2.05) is 6.07 Å². The second-order valence-corrected chi connectivity index (χ2v) is 3.90. The zero-order valence-corrected chi connectivity index (χ0v) is 9.66. The Kier molecular flexibility index (Phi) is 5.12. The van der Waals surface area contributed by atoms with Gasteiger partial charge in [-0.05, 0) is 44.4 Å². The molecule has 1 unspecified atom stereocenters. The number of nitrogens with two attached hydrogens (primary N) is 1. The van der Waals surface area contributed by atoms with Crippen molar-refractivity contribution in [2.45, 2.75) is 39.2 Å². The highest BCUT2D eigenvalue weighted by molar-refractivity contribution is 5.38. The number of nitrogen functional groups attached to an aromatic ring is 1. The first kappa shape index (κ1) is 12.0. The van der Waals surface area contributed by atoms with Crippen molar-refractivity contribution in [1.82, 2.24) is 10.3 Å². The summed E-state index contributed by atoms with van der Waals surface area (Å²) in [6.07, 6.45) is 5.10. The summed E-state index contributed by atoms with van der Waals surface area (Å²) in [5, 5.41) is 3.40. The van der Waals surface area contributed by atoms with Gasteiger partial charge in [-0.3, -0.25) is 0 Å². The molecule has 3 N–H and O–H groups in total. The maximum atomic E-state index is 5.77. The van der Waals surface area contributed by atoms with Crippen LogP contribution in [0.5, 0.6) is 0 Å². The summed E-state index contributed by atoms with van der Waals surface area (Å²) in [4.78, 5) is 4.08. The number of rotatable bonds is 6. The standard InChI is InChI=1S/C12H21N3/c1-3-14-10(2)6-4-7-11-8-5-9-15-12(11)13/h5,8-10,14H,3-4,6-7H2,1-2H3,(H2,13,15). The van der Waals surface area contributed by atoms with Crippen molar-refractivity contribution in [2.75, 3.05) is 12.3 Å². The van der Waals surface area contributed by atoms with E-state index in [0.29, 0.717) is 11.9 Å². The van der Waals surface area contributed by atoms with Crippen LogP contribution in [-0.4, -0.2) is 17.6 Å². The van der Waals surface area contributed by atoms with Gasteiger partial charge in [-0.25, -0.2) is 4.98 Å². The molecule has 0 saturated heterocycles. The van der Waals surface area contributed by atoms with Crippen molar-refractivity contribution in [1.29, 1.82) is 0 Å². The molecule has 1 aromatic rings. The molecule has 84 valence electrons. The van der Waals surface area contributed by atoms with Crippen LogP contribution in [0, 0.1) is 0 Å². The van der Waals surface area contributed by atoms with E-state index in [0.717, 1.165) is 19.4 Å². The number of aromatic nitrogens is 1. The third-order valence-electron chi connectivity index (χ3n) is 2.56. The van der Waals surface area contributed by atoms with Crippen LogP contribution in [0.2, 0.25) is 0 Å². The van der Waals surface area contributed by atoms with Crippen LogP contribution in [0.1, 0.15) is 32.3 Å². The third-order valence-corrected chi connectivity index (χ3v) is 2.56. The summed E-state index contributed by atoms with van der Waals surface area (Å²) >= 11 is 0. The maximum absolute atomic E-state index is 5.77. The summed E-state index contributed by atoms with van der Waals surface area (Å²) in [7, 11) is 0. The lowest BCUT2D eigenvalue weighted by atomic mass is 10.1. The average molecular weight is 207 g/mol. The first-order valence-electron chi connectivity index (χ1n) is 5.66. The van der Waals surface area contributed by atoms with Crippen LogP contribution in [0.3, 0.4) is 0 Å². The van der Waals surface area contributed by atoms with E-state index in [1.54, 1.807) is 6.20 Å². The van der Waals surface area contributed by atoms with Crippen molar-refractivity contribution in [3.05, 3.63) is 23.9 Å². The fourth-order valence-electron chi connectivity index (χ4n) is 1.71. The van der Waals surface area contributed by atoms with Crippen molar-refractivity contribution in [2.24, 2.45) is 0 Å². The van der Waals surface area contributed by atoms with Crippen LogP contribution in [0.4, 0.5) is 5.82 Å². The molecule has 0 spiro atoms. The van der Waals surface area contributed by atoms with Crippen LogP contribution in [0.25, 0.3) is 0 Å². The smallest absolute Gasteiger partial charge is 0.126 e.